The third-order valence-electron chi connectivity index (χ3n) is 5.15. The van der Waals surface area contributed by atoms with Crippen LogP contribution in [-0.2, 0) is 21.2 Å². The SMILES string of the molecule is COc1ccc(C(C)C)cc1S(=O)(=O)NC(Cc1ccccc1)C(=O)Nc1ccc(Cl)cc1. The van der Waals surface area contributed by atoms with Crippen LogP contribution in [0.15, 0.2) is 77.7 Å². The molecule has 6 nitrogen and oxygen atoms in total. The number of anilines is 1. The molecule has 0 fully saturated rings. The van der Waals surface area contributed by atoms with E-state index >= 15 is 0 Å². The highest BCUT2D eigenvalue weighted by atomic mass is 35.5. The fourth-order valence-electron chi connectivity index (χ4n) is 3.31. The molecule has 3 aromatic rings. The summed E-state index contributed by atoms with van der Waals surface area (Å²) < 4.78 is 34.7. The Kier molecular flexibility index (Phi) is 8.13. The van der Waals surface area contributed by atoms with E-state index in [1.165, 1.54) is 7.11 Å². The van der Waals surface area contributed by atoms with E-state index in [0.717, 1.165) is 11.1 Å². The summed E-state index contributed by atoms with van der Waals surface area (Å²) in [5.41, 5.74) is 2.18. The molecular formula is C25H27ClN2O4S. The number of amides is 1. The molecule has 174 valence electrons. The van der Waals surface area contributed by atoms with Crippen molar-refractivity contribution in [2.24, 2.45) is 0 Å². The van der Waals surface area contributed by atoms with E-state index in [1.807, 2.05) is 50.2 Å². The number of carbonyl (C=O) groups excluding carboxylic acids is 1. The smallest absolute Gasteiger partial charge is 0.245 e. The second-order valence-corrected chi connectivity index (χ2v) is 10.0. The van der Waals surface area contributed by atoms with Crippen molar-refractivity contribution in [1.82, 2.24) is 4.72 Å². The lowest BCUT2D eigenvalue weighted by Crippen LogP contribution is -2.45. The van der Waals surface area contributed by atoms with Gasteiger partial charge in [0.25, 0.3) is 0 Å². The van der Waals surface area contributed by atoms with E-state index in [1.54, 1.807) is 36.4 Å². The first-order valence-electron chi connectivity index (χ1n) is 10.5. The van der Waals surface area contributed by atoms with Crippen LogP contribution in [-0.4, -0.2) is 27.5 Å². The van der Waals surface area contributed by atoms with Gasteiger partial charge in [-0.05, 0) is 59.9 Å². The number of methoxy groups -OCH3 is 1. The molecule has 3 aromatic carbocycles. The van der Waals surface area contributed by atoms with Crippen molar-refractivity contribution in [3.8, 4) is 5.75 Å². The third kappa shape index (κ3) is 6.57. The Bertz CT molecular complexity index is 1200. The lowest BCUT2D eigenvalue weighted by atomic mass is 10.0. The van der Waals surface area contributed by atoms with Crippen molar-refractivity contribution < 1.29 is 17.9 Å². The summed E-state index contributed by atoms with van der Waals surface area (Å²) in [5.74, 6) is -0.148. The van der Waals surface area contributed by atoms with Gasteiger partial charge in [-0.1, -0.05) is 61.8 Å². The normalized spacial score (nSPS) is 12.4. The minimum Gasteiger partial charge on any atom is -0.495 e. The van der Waals surface area contributed by atoms with Gasteiger partial charge in [0, 0.05) is 10.7 Å². The van der Waals surface area contributed by atoms with Crippen LogP contribution in [0.25, 0.3) is 0 Å². The first-order valence-corrected chi connectivity index (χ1v) is 12.4. The fraction of sp³-hybridized carbons (Fsp3) is 0.240. The maximum atomic E-state index is 13.4. The Balaban J connectivity index is 1.94. The molecule has 0 aliphatic rings. The third-order valence-corrected chi connectivity index (χ3v) is 6.90. The first kappa shape index (κ1) is 24.8. The van der Waals surface area contributed by atoms with Gasteiger partial charge in [-0.2, -0.15) is 4.72 Å². The van der Waals surface area contributed by atoms with Crippen LogP contribution >= 0.6 is 11.6 Å². The molecule has 8 heteroatoms. The molecule has 0 heterocycles. The van der Waals surface area contributed by atoms with Gasteiger partial charge >= 0.3 is 0 Å². The first-order chi connectivity index (χ1) is 15.7. The van der Waals surface area contributed by atoms with Gasteiger partial charge in [-0.25, -0.2) is 8.42 Å². The second-order valence-electron chi connectivity index (χ2n) is 7.92. The summed E-state index contributed by atoms with van der Waals surface area (Å²) in [6.45, 7) is 3.95. The van der Waals surface area contributed by atoms with Gasteiger partial charge in [0.2, 0.25) is 15.9 Å². The van der Waals surface area contributed by atoms with Gasteiger partial charge in [0.05, 0.1) is 7.11 Å². The number of carbonyl (C=O) groups is 1. The molecule has 1 atom stereocenters. The van der Waals surface area contributed by atoms with E-state index in [4.69, 9.17) is 16.3 Å². The number of ether oxygens (including phenoxy) is 1. The predicted octanol–water partition coefficient (Wildman–Crippen LogP) is 5.00. The lowest BCUT2D eigenvalue weighted by Gasteiger charge is -2.20. The highest BCUT2D eigenvalue weighted by Gasteiger charge is 2.29. The zero-order chi connectivity index (χ0) is 24.0. The highest BCUT2D eigenvalue weighted by Crippen LogP contribution is 2.28. The van der Waals surface area contributed by atoms with E-state index in [9.17, 15) is 13.2 Å². The number of hydrogen-bond acceptors (Lipinski definition) is 4. The second kappa shape index (κ2) is 10.8. The standard InChI is InChI=1S/C25H27ClN2O4S/c1-17(2)19-9-14-23(32-3)24(16-19)33(30,31)28-22(15-18-7-5-4-6-8-18)25(29)27-21-12-10-20(26)11-13-21/h4-14,16-17,22,28H,15H2,1-3H3,(H,27,29). The van der Waals surface area contributed by atoms with Crippen LogP contribution < -0.4 is 14.8 Å². The summed E-state index contributed by atoms with van der Waals surface area (Å²) in [4.78, 5) is 13.1. The zero-order valence-corrected chi connectivity index (χ0v) is 20.3. The van der Waals surface area contributed by atoms with E-state index < -0.39 is 22.0 Å². The highest BCUT2D eigenvalue weighted by molar-refractivity contribution is 7.89. The Morgan fingerprint density at radius 2 is 1.67 bits per heavy atom. The minimum absolute atomic E-state index is 0.00597. The molecule has 2 N–H and O–H groups in total. The number of hydrogen-bond donors (Lipinski definition) is 2. The van der Waals surface area contributed by atoms with Crippen molar-refractivity contribution in [3.05, 3.63) is 88.9 Å². The van der Waals surface area contributed by atoms with Gasteiger partial charge in [-0.3, -0.25) is 4.79 Å². The van der Waals surface area contributed by atoms with Crippen LogP contribution in [0.1, 0.15) is 30.9 Å². The van der Waals surface area contributed by atoms with E-state index in [-0.39, 0.29) is 23.0 Å². The van der Waals surface area contributed by atoms with Crippen molar-refractivity contribution in [1.29, 1.82) is 0 Å². The van der Waals surface area contributed by atoms with Crippen LogP contribution in [0.2, 0.25) is 5.02 Å². The molecule has 0 aliphatic heterocycles. The Labute approximate surface area is 200 Å². The Hall–Kier alpha value is -2.87. The molecule has 1 amide bonds. The summed E-state index contributed by atoms with van der Waals surface area (Å²) >= 11 is 5.92. The van der Waals surface area contributed by atoms with Crippen LogP contribution in [0.5, 0.6) is 5.75 Å². The van der Waals surface area contributed by atoms with Gasteiger partial charge in [0.1, 0.15) is 16.7 Å². The summed E-state index contributed by atoms with van der Waals surface area (Å²) in [7, 11) is -2.66. The van der Waals surface area contributed by atoms with Gasteiger partial charge < -0.3 is 10.1 Å². The fourth-order valence-corrected chi connectivity index (χ4v) is 4.84. The van der Waals surface area contributed by atoms with Crippen molar-refractivity contribution >= 4 is 33.2 Å². The van der Waals surface area contributed by atoms with E-state index in [0.29, 0.717) is 10.7 Å². The van der Waals surface area contributed by atoms with Crippen molar-refractivity contribution in [2.75, 3.05) is 12.4 Å². The number of rotatable bonds is 9. The molecule has 0 saturated carbocycles. The molecule has 0 aliphatic carbocycles. The summed E-state index contributed by atoms with van der Waals surface area (Å²) in [5, 5.41) is 3.30. The average molecular weight is 487 g/mol. The lowest BCUT2D eigenvalue weighted by molar-refractivity contribution is -0.117. The number of nitrogens with one attached hydrogen (secondary N) is 2. The van der Waals surface area contributed by atoms with Crippen molar-refractivity contribution in [3.63, 3.8) is 0 Å². The molecule has 0 aromatic heterocycles. The minimum atomic E-state index is -4.08. The number of benzene rings is 3. The summed E-state index contributed by atoms with van der Waals surface area (Å²) in [6.07, 6.45) is 0.172. The molecule has 33 heavy (non-hydrogen) atoms. The van der Waals surface area contributed by atoms with Crippen LogP contribution in [0, 0.1) is 0 Å². The van der Waals surface area contributed by atoms with Crippen LogP contribution in [0.3, 0.4) is 0 Å². The average Bonchev–Trinajstić information content (AvgIpc) is 2.80. The molecule has 0 saturated heterocycles. The van der Waals surface area contributed by atoms with Gasteiger partial charge in [0.15, 0.2) is 0 Å². The van der Waals surface area contributed by atoms with Crippen molar-refractivity contribution in [2.45, 2.75) is 37.1 Å². The van der Waals surface area contributed by atoms with E-state index in [2.05, 4.69) is 10.0 Å². The zero-order valence-electron chi connectivity index (χ0n) is 18.7. The number of sulfonamides is 1. The molecular weight excluding hydrogens is 460 g/mol. The maximum Gasteiger partial charge on any atom is 0.245 e. The maximum absolute atomic E-state index is 13.4. The molecule has 0 spiro atoms. The molecule has 0 bridgehead atoms. The largest absolute Gasteiger partial charge is 0.495 e. The number of halogens is 1. The topological polar surface area (TPSA) is 84.5 Å². The molecule has 0 radical (unpaired) electrons. The monoisotopic (exact) mass is 486 g/mol. The Morgan fingerprint density at radius 1 is 1.00 bits per heavy atom. The Morgan fingerprint density at radius 3 is 2.27 bits per heavy atom. The van der Waals surface area contributed by atoms with Gasteiger partial charge in [-0.15, -0.1) is 0 Å². The predicted molar refractivity (Wildman–Crippen MR) is 131 cm³/mol. The summed E-state index contributed by atoms with van der Waals surface area (Å²) in [6, 6.07) is 19.8. The molecule has 3 rings (SSSR count). The van der Waals surface area contributed by atoms with Crippen LogP contribution in [0.4, 0.5) is 5.69 Å². The quantitative estimate of drug-likeness (QED) is 0.445. The molecule has 1 unspecified atom stereocenters.